The van der Waals surface area contributed by atoms with E-state index < -0.39 is 12.1 Å². The first-order valence-corrected chi connectivity index (χ1v) is 6.97. The first-order chi connectivity index (χ1) is 8.48. The molecule has 0 aromatic rings. The third-order valence-corrected chi connectivity index (χ3v) is 4.41. The number of likely N-dealkylation sites (tertiary alicyclic amines) is 1. The molecule has 1 N–H and O–H groups in total. The molecule has 18 heavy (non-hydrogen) atoms. The number of alkyl halides is 3. The summed E-state index contributed by atoms with van der Waals surface area (Å²) in [5, 5.41) is 10.1. The molecule has 1 aliphatic carbocycles. The highest BCUT2D eigenvalue weighted by molar-refractivity contribution is 4.86. The van der Waals surface area contributed by atoms with Gasteiger partial charge in [0.25, 0.3) is 0 Å². The van der Waals surface area contributed by atoms with Gasteiger partial charge >= 0.3 is 6.18 Å². The number of rotatable bonds is 1. The number of aliphatic hydroxyl groups is 1. The monoisotopic (exact) mass is 265 g/mol. The lowest BCUT2D eigenvalue weighted by Gasteiger charge is -2.39. The molecule has 0 spiro atoms. The molecular formula is C13H22F3NO. The Balaban J connectivity index is 1.88. The van der Waals surface area contributed by atoms with Crippen LogP contribution in [0.2, 0.25) is 0 Å². The molecule has 0 amide bonds. The smallest absolute Gasteiger partial charge is 0.391 e. The summed E-state index contributed by atoms with van der Waals surface area (Å²) in [5.74, 6) is -1.14. The summed E-state index contributed by atoms with van der Waals surface area (Å²) >= 11 is 0. The first kappa shape index (κ1) is 14.1. The number of hydrogen-bond donors (Lipinski definition) is 1. The van der Waals surface area contributed by atoms with E-state index in [1.807, 2.05) is 0 Å². The van der Waals surface area contributed by atoms with Crippen molar-refractivity contribution in [3.8, 4) is 0 Å². The van der Waals surface area contributed by atoms with Gasteiger partial charge in [-0.15, -0.1) is 0 Å². The third kappa shape index (κ3) is 3.38. The fourth-order valence-corrected chi connectivity index (χ4v) is 3.25. The van der Waals surface area contributed by atoms with Gasteiger partial charge in [-0.1, -0.05) is 19.3 Å². The summed E-state index contributed by atoms with van der Waals surface area (Å²) in [6.45, 7) is 0.956. The highest BCUT2D eigenvalue weighted by atomic mass is 19.4. The molecule has 5 heteroatoms. The second kappa shape index (κ2) is 5.78. The molecule has 0 bridgehead atoms. The van der Waals surface area contributed by atoms with E-state index in [1.54, 1.807) is 0 Å². The minimum atomic E-state index is -4.05. The summed E-state index contributed by atoms with van der Waals surface area (Å²) in [5.41, 5.74) is 0. The van der Waals surface area contributed by atoms with E-state index in [-0.39, 0.29) is 25.0 Å². The van der Waals surface area contributed by atoms with Gasteiger partial charge in [-0.3, -0.25) is 4.90 Å². The maximum Gasteiger partial charge on any atom is 0.391 e. The van der Waals surface area contributed by atoms with Crippen molar-refractivity contribution in [1.29, 1.82) is 0 Å². The minimum absolute atomic E-state index is 0.0849. The lowest BCUT2D eigenvalue weighted by molar-refractivity contribution is -0.187. The maximum absolute atomic E-state index is 12.6. The van der Waals surface area contributed by atoms with E-state index in [2.05, 4.69) is 4.90 Å². The molecule has 1 heterocycles. The van der Waals surface area contributed by atoms with Crippen molar-refractivity contribution in [2.24, 2.45) is 5.92 Å². The van der Waals surface area contributed by atoms with E-state index in [9.17, 15) is 18.3 Å². The maximum atomic E-state index is 12.6. The topological polar surface area (TPSA) is 23.5 Å². The zero-order chi connectivity index (χ0) is 13.2. The molecule has 1 saturated heterocycles. The Morgan fingerprint density at radius 3 is 2.11 bits per heavy atom. The Kier molecular flexibility index (Phi) is 4.54. The first-order valence-electron chi connectivity index (χ1n) is 6.97. The van der Waals surface area contributed by atoms with Crippen molar-refractivity contribution in [2.45, 2.75) is 63.3 Å². The number of hydrogen-bond acceptors (Lipinski definition) is 2. The van der Waals surface area contributed by atoms with Crippen LogP contribution < -0.4 is 0 Å². The normalized spacial score (nSPS) is 33.3. The summed E-state index contributed by atoms with van der Waals surface area (Å²) in [6.07, 6.45) is 0.953. The van der Waals surface area contributed by atoms with Crippen molar-refractivity contribution in [1.82, 2.24) is 4.90 Å². The van der Waals surface area contributed by atoms with E-state index in [0.29, 0.717) is 13.1 Å². The summed E-state index contributed by atoms with van der Waals surface area (Å²) < 4.78 is 37.8. The van der Waals surface area contributed by atoms with Gasteiger partial charge in [-0.05, 0) is 38.8 Å². The van der Waals surface area contributed by atoms with Crippen molar-refractivity contribution in [2.75, 3.05) is 13.1 Å². The van der Waals surface area contributed by atoms with Crippen molar-refractivity contribution < 1.29 is 18.3 Å². The van der Waals surface area contributed by atoms with Crippen LogP contribution in [-0.2, 0) is 0 Å². The zero-order valence-electron chi connectivity index (χ0n) is 10.6. The Bertz CT molecular complexity index is 261. The predicted octanol–water partition coefficient (Wildman–Crippen LogP) is 2.95. The van der Waals surface area contributed by atoms with Crippen LogP contribution in [0, 0.1) is 5.92 Å². The van der Waals surface area contributed by atoms with Crippen molar-refractivity contribution in [3.05, 3.63) is 0 Å². The Morgan fingerprint density at radius 1 is 0.889 bits per heavy atom. The average Bonchev–Trinajstić information content (AvgIpc) is 2.53. The van der Waals surface area contributed by atoms with Gasteiger partial charge < -0.3 is 5.11 Å². The molecule has 1 saturated carbocycles. The number of halogens is 3. The third-order valence-electron chi connectivity index (χ3n) is 4.41. The lowest BCUT2D eigenvalue weighted by Crippen LogP contribution is -2.48. The fraction of sp³-hybridized carbons (Fsp3) is 1.00. The van der Waals surface area contributed by atoms with Crippen LogP contribution in [0.15, 0.2) is 0 Å². The molecule has 106 valence electrons. The zero-order valence-corrected chi connectivity index (χ0v) is 10.6. The minimum Gasteiger partial charge on any atom is -0.391 e. The lowest BCUT2D eigenvalue weighted by atomic mass is 9.93. The van der Waals surface area contributed by atoms with Gasteiger partial charge in [0.05, 0.1) is 12.0 Å². The molecule has 2 nitrogen and oxygen atoms in total. The summed E-state index contributed by atoms with van der Waals surface area (Å²) in [7, 11) is 0. The summed E-state index contributed by atoms with van der Waals surface area (Å²) in [6, 6.07) is 0.0849. The van der Waals surface area contributed by atoms with Crippen LogP contribution in [-0.4, -0.2) is 41.4 Å². The van der Waals surface area contributed by atoms with Gasteiger partial charge in [0.1, 0.15) is 0 Å². The molecule has 2 aliphatic rings. The Morgan fingerprint density at radius 2 is 1.50 bits per heavy atom. The SMILES string of the molecule is OC1CCCCCC1N1CCC(C(F)(F)F)CC1. The second-order valence-corrected chi connectivity index (χ2v) is 5.62. The van der Waals surface area contributed by atoms with E-state index in [4.69, 9.17) is 0 Å². The van der Waals surface area contributed by atoms with Crippen molar-refractivity contribution in [3.63, 3.8) is 0 Å². The van der Waals surface area contributed by atoms with Crippen molar-refractivity contribution >= 4 is 0 Å². The molecule has 0 radical (unpaired) electrons. The molecular weight excluding hydrogens is 243 g/mol. The quantitative estimate of drug-likeness (QED) is 0.737. The molecule has 2 fully saturated rings. The summed E-state index contributed by atoms with van der Waals surface area (Å²) in [4.78, 5) is 2.08. The van der Waals surface area contributed by atoms with Crippen LogP contribution in [0.4, 0.5) is 13.2 Å². The molecule has 2 unspecified atom stereocenters. The predicted molar refractivity (Wildman–Crippen MR) is 63.2 cm³/mol. The van der Waals surface area contributed by atoms with Gasteiger partial charge in [0.15, 0.2) is 0 Å². The van der Waals surface area contributed by atoms with Crippen LogP contribution in [0.5, 0.6) is 0 Å². The van der Waals surface area contributed by atoms with E-state index in [1.165, 1.54) is 0 Å². The molecule has 0 aromatic carbocycles. The average molecular weight is 265 g/mol. The number of piperidine rings is 1. The Labute approximate surface area is 106 Å². The highest BCUT2D eigenvalue weighted by Crippen LogP contribution is 2.35. The van der Waals surface area contributed by atoms with Crippen LogP contribution in [0.25, 0.3) is 0 Å². The Hall–Kier alpha value is -0.290. The molecule has 0 aromatic heterocycles. The van der Waals surface area contributed by atoms with Gasteiger partial charge in [0, 0.05) is 6.04 Å². The molecule has 1 aliphatic heterocycles. The van der Waals surface area contributed by atoms with Crippen LogP contribution >= 0.6 is 0 Å². The van der Waals surface area contributed by atoms with Crippen LogP contribution in [0.1, 0.15) is 44.9 Å². The standard InChI is InChI=1S/C13H22F3NO/c14-13(15,16)10-6-8-17(9-7-10)11-4-2-1-3-5-12(11)18/h10-12,18H,1-9H2. The highest BCUT2D eigenvalue weighted by Gasteiger charge is 2.42. The van der Waals surface area contributed by atoms with Crippen LogP contribution in [0.3, 0.4) is 0 Å². The molecule has 2 rings (SSSR count). The largest absolute Gasteiger partial charge is 0.391 e. The fourth-order valence-electron chi connectivity index (χ4n) is 3.25. The van der Waals surface area contributed by atoms with Gasteiger partial charge in [-0.2, -0.15) is 13.2 Å². The molecule has 2 atom stereocenters. The second-order valence-electron chi connectivity index (χ2n) is 5.62. The van der Waals surface area contributed by atoms with E-state index in [0.717, 1.165) is 32.1 Å². The van der Waals surface area contributed by atoms with E-state index >= 15 is 0 Å². The van der Waals surface area contributed by atoms with Gasteiger partial charge in [0.2, 0.25) is 0 Å². The number of nitrogens with zero attached hydrogens (tertiary/aromatic N) is 1. The van der Waals surface area contributed by atoms with Gasteiger partial charge in [-0.25, -0.2) is 0 Å². The number of aliphatic hydroxyl groups excluding tert-OH is 1.